The number of nitrogens with zero attached hydrogens (tertiary/aromatic N) is 6. The molecule has 0 radical (unpaired) electrons. The predicted octanol–water partition coefficient (Wildman–Crippen LogP) is 7.62. The van der Waals surface area contributed by atoms with Gasteiger partial charge < -0.3 is 5.11 Å². The second-order valence-electron chi connectivity index (χ2n) is 11.0. The molecule has 0 fully saturated rings. The quantitative estimate of drug-likeness (QED) is 0.165. The topological polar surface area (TPSA) is 78.3 Å². The fourth-order valence-corrected chi connectivity index (χ4v) is 5.68. The highest BCUT2D eigenvalue weighted by atomic mass is 16.3. The molecule has 1 N–H and O–H groups in total. The van der Waals surface area contributed by atoms with Crippen molar-refractivity contribution in [3.63, 3.8) is 0 Å². The Morgan fingerprint density at radius 3 is 1.02 bits per heavy atom. The van der Waals surface area contributed by atoms with Crippen LogP contribution in [0.25, 0.3) is 0 Å². The Morgan fingerprint density at radius 2 is 0.767 bits per heavy atom. The number of hydrogen-bond acceptors (Lipinski definition) is 7. The van der Waals surface area contributed by atoms with Gasteiger partial charge in [-0.1, -0.05) is 42.5 Å². The van der Waals surface area contributed by atoms with Crippen molar-refractivity contribution in [2.75, 3.05) is 0 Å². The maximum atomic E-state index is 11.8. The summed E-state index contributed by atoms with van der Waals surface area (Å²) in [5, 5.41) is 11.8. The Balaban J connectivity index is 1.48. The van der Waals surface area contributed by atoms with Gasteiger partial charge in [0.05, 0.1) is 46.9 Å². The van der Waals surface area contributed by atoms with Crippen LogP contribution in [0.5, 0.6) is 5.75 Å². The van der Waals surface area contributed by atoms with Crippen LogP contribution in [0, 0.1) is 0 Å². The molecule has 0 aliphatic rings. The third-order valence-electron chi connectivity index (χ3n) is 8.36. The monoisotopic (exact) mass is 572 g/mol. The van der Waals surface area contributed by atoms with E-state index in [0.29, 0.717) is 18.8 Å². The molecule has 0 aliphatic carbocycles. The summed E-state index contributed by atoms with van der Waals surface area (Å²) in [6.45, 7) is 9.70. The molecular formula is C36H40N6O. The zero-order chi connectivity index (χ0) is 30.2. The maximum absolute atomic E-state index is 11.8. The molecular weight excluding hydrogens is 532 g/mol. The summed E-state index contributed by atoms with van der Waals surface area (Å²) < 4.78 is 0. The second-order valence-corrected chi connectivity index (χ2v) is 11.0. The SMILES string of the molecule is CC(c1ccccn1)N(Cc1cccc(CN(C(C)c2ccccn2)C(C)c2ccccn2)c1O)C(C)c1ccccn1. The number of pyridine rings is 4. The first-order valence-corrected chi connectivity index (χ1v) is 14.9. The van der Waals surface area contributed by atoms with Crippen LogP contribution in [0.4, 0.5) is 0 Å². The lowest BCUT2D eigenvalue weighted by atomic mass is 10.0. The van der Waals surface area contributed by atoms with Gasteiger partial charge in [-0.2, -0.15) is 0 Å². The lowest BCUT2D eigenvalue weighted by Crippen LogP contribution is -2.31. The number of aromatic nitrogens is 4. The Bertz CT molecular complexity index is 1350. The molecule has 0 amide bonds. The van der Waals surface area contributed by atoms with Crippen molar-refractivity contribution >= 4 is 0 Å². The molecule has 4 unspecified atom stereocenters. The zero-order valence-corrected chi connectivity index (χ0v) is 25.3. The summed E-state index contributed by atoms with van der Waals surface area (Å²) in [6.07, 6.45) is 7.31. The molecule has 0 spiro atoms. The summed E-state index contributed by atoms with van der Waals surface area (Å²) >= 11 is 0. The Morgan fingerprint density at radius 1 is 0.465 bits per heavy atom. The Kier molecular flexibility index (Phi) is 9.87. The van der Waals surface area contributed by atoms with Crippen LogP contribution >= 0.6 is 0 Å². The van der Waals surface area contributed by atoms with Gasteiger partial charge in [0.2, 0.25) is 0 Å². The lowest BCUT2D eigenvalue weighted by molar-refractivity contribution is 0.133. The number of phenolic OH excluding ortho intramolecular Hbond substituents is 1. The lowest BCUT2D eigenvalue weighted by Gasteiger charge is -2.35. The molecule has 4 atom stereocenters. The van der Waals surface area contributed by atoms with Gasteiger partial charge in [0.1, 0.15) is 5.75 Å². The minimum atomic E-state index is -0.00823. The summed E-state index contributed by atoms with van der Waals surface area (Å²) in [4.78, 5) is 23.3. The third kappa shape index (κ3) is 7.13. The van der Waals surface area contributed by atoms with Gasteiger partial charge in [0.25, 0.3) is 0 Å². The van der Waals surface area contributed by atoms with E-state index in [-0.39, 0.29) is 24.2 Å². The van der Waals surface area contributed by atoms with Crippen molar-refractivity contribution in [3.8, 4) is 5.75 Å². The van der Waals surface area contributed by atoms with E-state index in [1.54, 1.807) is 0 Å². The first kappa shape index (κ1) is 30.0. The van der Waals surface area contributed by atoms with E-state index < -0.39 is 0 Å². The van der Waals surface area contributed by atoms with Gasteiger partial charge in [-0.3, -0.25) is 29.7 Å². The molecule has 1 aromatic carbocycles. The minimum Gasteiger partial charge on any atom is -0.507 e. The van der Waals surface area contributed by atoms with Crippen molar-refractivity contribution in [2.45, 2.75) is 65.0 Å². The Hall–Kier alpha value is -4.46. The molecule has 43 heavy (non-hydrogen) atoms. The molecule has 220 valence electrons. The molecule has 0 saturated heterocycles. The predicted molar refractivity (Wildman–Crippen MR) is 170 cm³/mol. The summed E-state index contributed by atoms with van der Waals surface area (Å²) in [7, 11) is 0. The standard InChI is InChI=1S/C36H40N6O/c1-26(32-16-5-9-20-37-32)41(27(2)33-17-6-10-21-38-33)24-30-14-13-15-31(36(30)43)25-42(28(3)34-18-7-11-22-39-34)29(4)35-19-8-12-23-40-35/h5-23,26-29,43H,24-25H2,1-4H3. The Labute approximate surface area is 255 Å². The van der Waals surface area contributed by atoms with Gasteiger partial charge in [0.15, 0.2) is 0 Å². The highest BCUT2D eigenvalue weighted by Crippen LogP contribution is 2.36. The molecule has 5 aromatic rings. The van der Waals surface area contributed by atoms with Gasteiger partial charge in [-0.25, -0.2) is 0 Å². The average Bonchev–Trinajstić information content (AvgIpc) is 3.07. The number of benzene rings is 1. The van der Waals surface area contributed by atoms with E-state index in [1.807, 2.05) is 91.5 Å². The number of phenols is 1. The molecule has 7 nitrogen and oxygen atoms in total. The fraction of sp³-hybridized carbons (Fsp3) is 0.278. The molecule has 7 heteroatoms. The van der Waals surface area contributed by atoms with Crippen LogP contribution in [-0.4, -0.2) is 34.8 Å². The fourth-order valence-electron chi connectivity index (χ4n) is 5.68. The van der Waals surface area contributed by atoms with E-state index in [4.69, 9.17) is 0 Å². The molecule has 0 bridgehead atoms. The highest BCUT2D eigenvalue weighted by molar-refractivity contribution is 5.41. The van der Waals surface area contributed by atoms with Gasteiger partial charge in [-0.15, -0.1) is 0 Å². The number of rotatable bonds is 12. The van der Waals surface area contributed by atoms with E-state index >= 15 is 0 Å². The van der Waals surface area contributed by atoms with E-state index in [0.717, 1.165) is 33.9 Å². The van der Waals surface area contributed by atoms with Gasteiger partial charge >= 0.3 is 0 Å². The van der Waals surface area contributed by atoms with Crippen molar-refractivity contribution in [3.05, 3.63) is 150 Å². The normalized spacial score (nSPS) is 14.4. The summed E-state index contributed by atoms with van der Waals surface area (Å²) in [6, 6.07) is 30.0. The van der Waals surface area contributed by atoms with Crippen molar-refractivity contribution < 1.29 is 5.11 Å². The van der Waals surface area contributed by atoms with Crippen LogP contribution in [0.2, 0.25) is 0 Å². The van der Waals surface area contributed by atoms with E-state index in [9.17, 15) is 5.11 Å². The van der Waals surface area contributed by atoms with Crippen LogP contribution in [-0.2, 0) is 13.1 Å². The number of hydrogen-bond donors (Lipinski definition) is 1. The first-order chi connectivity index (χ1) is 20.9. The van der Waals surface area contributed by atoms with Crippen molar-refractivity contribution in [1.82, 2.24) is 29.7 Å². The number of para-hydroxylation sites is 1. The average molecular weight is 573 g/mol. The summed E-state index contributed by atoms with van der Waals surface area (Å²) in [5.41, 5.74) is 5.61. The second kappa shape index (κ2) is 14.1. The van der Waals surface area contributed by atoms with E-state index in [1.165, 1.54) is 0 Å². The maximum Gasteiger partial charge on any atom is 0.124 e. The minimum absolute atomic E-state index is 0.00823. The van der Waals surface area contributed by atoms with Crippen LogP contribution in [0.3, 0.4) is 0 Å². The molecule has 0 aliphatic heterocycles. The van der Waals surface area contributed by atoms with Crippen LogP contribution < -0.4 is 0 Å². The van der Waals surface area contributed by atoms with E-state index in [2.05, 4.69) is 81.7 Å². The van der Waals surface area contributed by atoms with Crippen molar-refractivity contribution in [1.29, 1.82) is 0 Å². The van der Waals surface area contributed by atoms with Gasteiger partial charge in [-0.05, 0) is 76.2 Å². The summed E-state index contributed by atoms with van der Waals surface area (Å²) in [5.74, 6) is 0.306. The first-order valence-electron chi connectivity index (χ1n) is 14.9. The van der Waals surface area contributed by atoms with Crippen molar-refractivity contribution in [2.24, 2.45) is 0 Å². The zero-order valence-electron chi connectivity index (χ0n) is 25.3. The third-order valence-corrected chi connectivity index (χ3v) is 8.36. The highest BCUT2D eigenvalue weighted by Gasteiger charge is 2.28. The molecule has 5 rings (SSSR count). The molecule has 4 aromatic heterocycles. The largest absolute Gasteiger partial charge is 0.507 e. The molecule has 4 heterocycles. The van der Waals surface area contributed by atoms with Gasteiger partial charge in [0, 0.05) is 49.0 Å². The van der Waals surface area contributed by atoms with Crippen LogP contribution in [0.1, 0.15) is 85.8 Å². The smallest absolute Gasteiger partial charge is 0.124 e. The number of aromatic hydroxyl groups is 1. The van der Waals surface area contributed by atoms with Crippen LogP contribution in [0.15, 0.2) is 116 Å². The molecule has 0 saturated carbocycles.